The smallest absolute Gasteiger partial charge is 0.307 e. The van der Waals surface area contributed by atoms with Crippen LogP contribution < -0.4 is 5.32 Å². The van der Waals surface area contributed by atoms with Crippen LogP contribution in [0.2, 0.25) is 0 Å². The van der Waals surface area contributed by atoms with Crippen LogP contribution in [-0.2, 0) is 16.0 Å². The quantitative estimate of drug-likeness (QED) is 0.791. The normalized spacial score (nSPS) is 24.7. The lowest BCUT2D eigenvalue weighted by Gasteiger charge is -2.15. The van der Waals surface area contributed by atoms with Crippen LogP contribution in [0.3, 0.4) is 0 Å². The zero-order chi connectivity index (χ0) is 15.2. The van der Waals surface area contributed by atoms with E-state index in [9.17, 15) is 14.7 Å². The van der Waals surface area contributed by atoms with E-state index in [0.29, 0.717) is 25.3 Å². The summed E-state index contributed by atoms with van der Waals surface area (Å²) in [5.74, 6) is -1.52. The highest BCUT2D eigenvalue weighted by molar-refractivity contribution is 5.85. The van der Waals surface area contributed by atoms with Gasteiger partial charge in [-0.1, -0.05) is 37.3 Å². The molecule has 2 rings (SSSR count). The molecule has 1 saturated carbocycles. The zero-order valence-electron chi connectivity index (χ0n) is 12.4. The van der Waals surface area contributed by atoms with E-state index in [1.54, 1.807) is 0 Å². The summed E-state index contributed by atoms with van der Waals surface area (Å²) in [7, 11) is 0. The number of carboxylic acids is 1. The minimum Gasteiger partial charge on any atom is -0.481 e. The second kappa shape index (κ2) is 7.25. The summed E-state index contributed by atoms with van der Waals surface area (Å²) in [5, 5.41) is 12.1. The Morgan fingerprint density at radius 1 is 1.19 bits per heavy atom. The van der Waals surface area contributed by atoms with Gasteiger partial charge in [0, 0.05) is 6.54 Å². The van der Waals surface area contributed by atoms with Crippen LogP contribution in [0, 0.1) is 17.8 Å². The Kier molecular flexibility index (Phi) is 5.37. The SMILES string of the molecule is CC1C[C@H](C(=O)NCCCc2ccccc2)[C@H](C(=O)O)C1. The number of benzene rings is 1. The van der Waals surface area contributed by atoms with E-state index in [2.05, 4.69) is 17.4 Å². The van der Waals surface area contributed by atoms with Gasteiger partial charge < -0.3 is 10.4 Å². The highest BCUT2D eigenvalue weighted by Crippen LogP contribution is 2.36. The molecule has 0 heterocycles. The summed E-state index contributed by atoms with van der Waals surface area (Å²) < 4.78 is 0. The number of aliphatic carboxylic acids is 1. The first-order chi connectivity index (χ1) is 10.1. The largest absolute Gasteiger partial charge is 0.481 e. The van der Waals surface area contributed by atoms with E-state index in [4.69, 9.17) is 0 Å². The van der Waals surface area contributed by atoms with Crippen LogP contribution >= 0.6 is 0 Å². The average molecular weight is 289 g/mol. The number of hydrogen-bond donors (Lipinski definition) is 2. The van der Waals surface area contributed by atoms with Crippen molar-refractivity contribution in [1.82, 2.24) is 5.32 Å². The van der Waals surface area contributed by atoms with Gasteiger partial charge in [0.1, 0.15) is 0 Å². The number of aryl methyl sites for hydroxylation is 1. The molecule has 1 amide bonds. The Hall–Kier alpha value is -1.84. The summed E-state index contributed by atoms with van der Waals surface area (Å²) in [6, 6.07) is 10.1. The van der Waals surface area contributed by atoms with Crippen LogP contribution in [0.25, 0.3) is 0 Å². The lowest BCUT2D eigenvalue weighted by atomic mass is 9.95. The first-order valence-electron chi connectivity index (χ1n) is 7.62. The van der Waals surface area contributed by atoms with Crippen molar-refractivity contribution in [2.24, 2.45) is 17.8 Å². The summed E-state index contributed by atoms with van der Waals surface area (Å²) in [6.45, 7) is 2.61. The second-order valence-electron chi connectivity index (χ2n) is 6.01. The van der Waals surface area contributed by atoms with Crippen LogP contribution in [-0.4, -0.2) is 23.5 Å². The maximum Gasteiger partial charge on any atom is 0.307 e. The van der Waals surface area contributed by atoms with Gasteiger partial charge in [-0.2, -0.15) is 0 Å². The van der Waals surface area contributed by atoms with Gasteiger partial charge in [0.25, 0.3) is 0 Å². The molecule has 0 aliphatic heterocycles. The van der Waals surface area contributed by atoms with Crippen molar-refractivity contribution in [1.29, 1.82) is 0 Å². The Labute approximate surface area is 125 Å². The Morgan fingerprint density at radius 3 is 2.52 bits per heavy atom. The molecule has 1 aromatic carbocycles. The van der Waals surface area contributed by atoms with Gasteiger partial charge in [-0.3, -0.25) is 9.59 Å². The number of carboxylic acid groups (broad SMARTS) is 1. The molecule has 4 heteroatoms. The van der Waals surface area contributed by atoms with Crippen molar-refractivity contribution >= 4 is 11.9 Å². The second-order valence-corrected chi connectivity index (χ2v) is 6.01. The average Bonchev–Trinajstić information content (AvgIpc) is 2.87. The molecule has 21 heavy (non-hydrogen) atoms. The maximum atomic E-state index is 12.1. The van der Waals surface area contributed by atoms with Gasteiger partial charge in [-0.25, -0.2) is 0 Å². The summed E-state index contributed by atoms with van der Waals surface area (Å²) in [4.78, 5) is 23.3. The minimum absolute atomic E-state index is 0.0974. The molecule has 1 unspecified atom stereocenters. The van der Waals surface area contributed by atoms with Crippen LogP contribution in [0.1, 0.15) is 31.7 Å². The molecule has 1 aromatic rings. The topological polar surface area (TPSA) is 66.4 Å². The predicted octanol–water partition coefficient (Wildman–Crippen LogP) is 2.48. The predicted molar refractivity (Wildman–Crippen MR) is 80.8 cm³/mol. The van der Waals surface area contributed by atoms with Gasteiger partial charge in [0.05, 0.1) is 11.8 Å². The van der Waals surface area contributed by atoms with E-state index >= 15 is 0 Å². The fraction of sp³-hybridized carbons (Fsp3) is 0.529. The first kappa shape index (κ1) is 15.5. The molecule has 0 radical (unpaired) electrons. The third-order valence-electron chi connectivity index (χ3n) is 4.24. The van der Waals surface area contributed by atoms with Gasteiger partial charge in [0.2, 0.25) is 5.91 Å². The van der Waals surface area contributed by atoms with Gasteiger partial charge in [-0.15, -0.1) is 0 Å². The van der Waals surface area contributed by atoms with E-state index in [1.165, 1.54) is 5.56 Å². The third-order valence-corrected chi connectivity index (χ3v) is 4.24. The van der Waals surface area contributed by atoms with E-state index < -0.39 is 11.9 Å². The third kappa shape index (κ3) is 4.31. The van der Waals surface area contributed by atoms with E-state index in [-0.39, 0.29) is 11.8 Å². The van der Waals surface area contributed by atoms with Crippen LogP contribution in [0.5, 0.6) is 0 Å². The van der Waals surface area contributed by atoms with Crippen LogP contribution in [0.4, 0.5) is 0 Å². The van der Waals surface area contributed by atoms with Crippen molar-refractivity contribution in [2.45, 2.75) is 32.6 Å². The van der Waals surface area contributed by atoms with Crippen molar-refractivity contribution in [3.63, 3.8) is 0 Å². The van der Waals surface area contributed by atoms with E-state index in [0.717, 1.165) is 12.8 Å². The lowest BCUT2D eigenvalue weighted by Crippen LogP contribution is -2.35. The number of hydrogen-bond acceptors (Lipinski definition) is 2. The van der Waals surface area contributed by atoms with Gasteiger partial charge in [-0.05, 0) is 37.2 Å². The maximum absolute atomic E-state index is 12.1. The minimum atomic E-state index is -0.844. The molecule has 3 atom stereocenters. The van der Waals surface area contributed by atoms with E-state index in [1.807, 2.05) is 25.1 Å². The molecule has 4 nitrogen and oxygen atoms in total. The Morgan fingerprint density at radius 2 is 1.86 bits per heavy atom. The Balaban J connectivity index is 1.75. The molecule has 114 valence electrons. The van der Waals surface area contributed by atoms with Gasteiger partial charge >= 0.3 is 5.97 Å². The summed E-state index contributed by atoms with van der Waals surface area (Å²) >= 11 is 0. The molecule has 0 spiro atoms. The van der Waals surface area contributed by atoms with Crippen molar-refractivity contribution < 1.29 is 14.7 Å². The molecular formula is C17H23NO3. The standard InChI is InChI=1S/C17H23NO3/c1-12-10-14(15(11-12)17(20)21)16(19)18-9-5-8-13-6-3-2-4-7-13/h2-4,6-7,12,14-15H,5,8-11H2,1H3,(H,18,19)(H,20,21)/t12?,14-,15+/m0/s1. The highest BCUT2D eigenvalue weighted by atomic mass is 16.4. The molecule has 1 aliphatic carbocycles. The number of carbonyl (C=O) groups is 2. The Bertz CT molecular complexity index is 486. The highest BCUT2D eigenvalue weighted by Gasteiger charge is 2.40. The molecule has 1 aliphatic rings. The summed E-state index contributed by atoms with van der Waals surface area (Å²) in [6.07, 6.45) is 3.08. The number of nitrogens with one attached hydrogen (secondary N) is 1. The summed E-state index contributed by atoms with van der Waals surface area (Å²) in [5.41, 5.74) is 1.25. The molecule has 2 N–H and O–H groups in total. The van der Waals surface area contributed by atoms with Crippen molar-refractivity contribution in [3.05, 3.63) is 35.9 Å². The zero-order valence-corrected chi connectivity index (χ0v) is 12.4. The number of amides is 1. The number of rotatable bonds is 6. The molecule has 0 saturated heterocycles. The fourth-order valence-electron chi connectivity index (χ4n) is 3.13. The molecule has 1 fully saturated rings. The monoisotopic (exact) mass is 289 g/mol. The first-order valence-corrected chi connectivity index (χ1v) is 7.62. The fourth-order valence-corrected chi connectivity index (χ4v) is 3.13. The molecular weight excluding hydrogens is 266 g/mol. The lowest BCUT2D eigenvalue weighted by molar-refractivity contribution is -0.146. The molecule has 0 aromatic heterocycles. The van der Waals surface area contributed by atoms with Crippen LogP contribution in [0.15, 0.2) is 30.3 Å². The van der Waals surface area contributed by atoms with Crippen molar-refractivity contribution in [2.75, 3.05) is 6.54 Å². The number of carbonyl (C=O) groups excluding carboxylic acids is 1. The van der Waals surface area contributed by atoms with Crippen molar-refractivity contribution in [3.8, 4) is 0 Å². The molecule has 0 bridgehead atoms. The van der Waals surface area contributed by atoms with Gasteiger partial charge in [0.15, 0.2) is 0 Å².